The van der Waals surface area contributed by atoms with Crippen molar-refractivity contribution in [1.82, 2.24) is 14.9 Å². The van der Waals surface area contributed by atoms with Gasteiger partial charge in [0, 0.05) is 18.0 Å². The Bertz CT molecular complexity index is 1060. The van der Waals surface area contributed by atoms with Gasteiger partial charge < -0.3 is 9.88 Å². The van der Waals surface area contributed by atoms with Crippen LogP contribution < -0.4 is 5.56 Å². The van der Waals surface area contributed by atoms with Gasteiger partial charge in [-0.3, -0.25) is 19.7 Å². The SMILES string of the molecule is CSc1ccc([N+](=O)[O-])c(C(=O)N(C)Cc2nc3ccsc3c(=O)[nH]2)c1. The number of rotatable bonds is 5. The molecule has 0 saturated heterocycles. The van der Waals surface area contributed by atoms with Gasteiger partial charge in [0.05, 0.1) is 17.0 Å². The molecule has 10 heteroatoms. The zero-order valence-electron chi connectivity index (χ0n) is 13.9. The number of H-pyrrole nitrogens is 1. The number of carbonyl (C=O) groups is 1. The molecule has 0 unspecified atom stereocenters. The molecule has 1 amide bonds. The fourth-order valence-electron chi connectivity index (χ4n) is 2.47. The van der Waals surface area contributed by atoms with Gasteiger partial charge in [-0.2, -0.15) is 0 Å². The maximum absolute atomic E-state index is 12.7. The van der Waals surface area contributed by atoms with Gasteiger partial charge in [-0.15, -0.1) is 23.1 Å². The molecule has 0 spiro atoms. The molecule has 1 N–H and O–H groups in total. The van der Waals surface area contributed by atoms with Crippen molar-refractivity contribution in [3.63, 3.8) is 0 Å². The zero-order valence-corrected chi connectivity index (χ0v) is 15.5. The molecule has 134 valence electrons. The third-order valence-electron chi connectivity index (χ3n) is 3.73. The summed E-state index contributed by atoms with van der Waals surface area (Å²) in [6.45, 7) is 0.0283. The van der Waals surface area contributed by atoms with Crippen molar-refractivity contribution in [2.24, 2.45) is 0 Å². The summed E-state index contributed by atoms with van der Waals surface area (Å²) in [5, 5.41) is 13.0. The summed E-state index contributed by atoms with van der Waals surface area (Å²) in [4.78, 5) is 44.4. The molecule has 0 fully saturated rings. The van der Waals surface area contributed by atoms with E-state index >= 15 is 0 Å². The number of thiophene rings is 1. The molecule has 2 heterocycles. The van der Waals surface area contributed by atoms with E-state index in [0.717, 1.165) is 4.90 Å². The smallest absolute Gasteiger partial charge is 0.282 e. The Hall–Kier alpha value is -2.72. The maximum atomic E-state index is 12.7. The third-order valence-corrected chi connectivity index (χ3v) is 5.36. The first-order valence-electron chi connectivity index (χ1n) is 7.45. The zero-order chi connectivity index (χ0) is 18.8. The second-order valence-electron chi connectivity index (χ2n) is 5.45. The molecule has 3 rings (SSSR count). The summed E-state index contributed by atoms with van der Waals surface area (Å²) in [5.41, 5.74) is 0.0406. The van der Waals surface area contributed by atoms with Crippen LogP contribution in [0.5, 0.6) is 0 Å². The Labute approximate surface area is 156 Å². The minimum Gasteiger partial charge on any atom is -0.334 e. The van der Waals surface area contributed by atoms with Crippen molar-refractivity contribution < 1.29 is 9.72 Å². The Morgan fingerprint density at radius 3 is 2.88 bits per heavy atom. The Morgan fingerprint density at radius 1 is 1.42 bits per heavy atom. The standard InChI is InChI=1S/C16H14N4O4S2/c1-19(8-13-17-11-5-6-26-14(11)15(21)18-13)16(22)10-7-9(25-2)3-4-12(10)20(23)24/h3-7H,8H2,1-2H3,(H,17,18,21). The molecular weight excluding hydrogens is 376 g/mol. The summed E-state index contributed by atoms with van der Waals surface area (Å²) >= 11 is 2.68. The number of nitrogens with zero attached hydrogens (tertiary/aromatic N) is 3. The van der Waals surface area contributed by atoms with E-state index in [1.54, 1.807) is 17.5 Å². The van der Waals surface area contributed by atoms with Gasteiger partial charge in [0.1, 0.15) is 16.1 Å². The van der Waals surface area contributed by atoms with E-state index in [4.69, 9.17) is 0 Å². The third kappa shape index (κ3) is 3.46. The van der Waals surface area contributed by atoms with Crippen molar-refractivity contribution >= 4 is 44.9 Å². The normalized spacial score (nSPS) is 10.8. The highest BCUT2D eigenvalue weighted by atomic mass is 32.2. The number of nitro benzene ring substituents is 1. The largest absolute Gasteiger partial charge is 0.334 e. The minimum absolute atomic E-state index is 0.00306. The van der Waals surface area contributed by atoms with Crippen LogP contribution in [0.4, 0.5) is 5.69 Å². The average Bonchev–Trinajstić information content (AvgIpc) is 3.09. The quantitative estimate of drug-likeness (QED) is 0.408. The first-order chi connectivity index (χ1) is 12.4. The average molecular weight is 390 g/mol. The second kappa shape index (κ2) is 7.26. The number of aromatic nitrogens is 2. The molecule has 0 bridgehead atoms. The number of carbonyl (C=O) groups excluding carboxylic acids is 1. The van der Waals surface area contributed by atoms with E-state index in [2.05, 4.69) is 9.97 Å². The Morgan fingerprint density at radius 2 is 2.19 bits per heavy atom. The van der Waals surface area contributed by atoms with Crippen molar-refractivity contribution in [3.8, 4) is 0 Å². The van der Waals surface area contributed by atoms with Crippen LogP contribution in [0.3, 0.4) is 0 Å². The molecule has 8 nitrogen and oxygen atoms in total. The molecule has 0 radical (unpaired) electrons. The van der Waals surface area contributed by atoms with E-state index < -0.39 is 10.8 Å². The first kappa shape index (κ1) is 18.1. The molecule has 0 aliphatic rings. The van der Waals surface area contributed by atoms with Crippen molar-refractivity contribution in [3.05, 3.63) is 61.5 Å². The number of amides is 1. The summed E-state index contributed by atoms with van der Waals surface area (Å²) in [6.07, 6.45) is 1.82. The van der Waals surface area contributed by atoms with Crippen molar-refractivity contribution in [1.29, 1.82) is 0 Å². The van der Waals surface area contributed by atoms with E-state index in [1.807, 2.05) is 6.26 Å². The molecule has 0 aliphatic carbocycles. The number of fused-ring (bicyclic) bond motifs is 1. The predicted octanol–water partition coefficient (Wildman–Crippen LogP) is 2.89. The van der Waals surface area contributed by atoms with Crippen LogP contribution >= 0.6 is 23.1 Å². The number of hydrogen-bond donors (Lipinski definition) is 1. The van der Waals surface area contributed by atoms with Gasteiger partial charge in [-0.05, 0) is 29.8 Å². The predicted molar refractivity (Wildman–Crippen MR) is 101 cm³/mol. The lowest BCUT2D eigenvalue weighted by Crippen LogP contribution is -2.28. The van der Waals surface area contributed by atoms with E-state index in [0.29, 0.717) is 16.0 Å². The molecule has 0 atom stereocenters. The first-order valence-corrected chi connectivity index (χ1v) is 9.55. The lowest BCUT2D eigenvalue weighted by Gasteiger charge is -2.17. The molecule has 0 saturated carbocycles. The van der Waals surface area contributed by atoms with Crippen LogP contribution in [-0.4, -0.2) is 39.0 Å². The van der Waals surface area contributed by atoms with Crippen LogP contribution in [0.15, 0.2) is 39.3 Å². The molecule has 1 aromatic carbocycles. The highest BCUT2D eigenvalue weighted by Gasteiger charge is 2.24. The van der Waals surface area contributed by atoms with E-state index in [-0.39, 0.29) is 23.4 Å². The molecule has 0 aliphatic heterocycles. The van der Waals surface area contributed by atoms with Crippen LogP contribution in [0.25, 0.3) is 10.2 Å². The lowest BCUT2D eigenvalue weighted by atomic mass is 10.1. The van der Waals surface area contributed by atoms with Gasteiger partial charge >= 0.3 is 0 Å². The topological polar surface area (TPSA) is 109 Å². The monoisotopic (exact) mass is 390 g/mol. The van der Waals surface area contributed by atoms with Gasteiger partial charge in [0.25, 0.3) is 17.2 Å². The minimum atomic E-state index is -0.581. The van der Waals surface area contributed by atoms with Crippen LogP contribution in [0, 0.1) is 10.1 Å². The Balaban J connectivity index is 1.92. The number of hydrogen-bond acceptors (Lipinski definition) is 7. The molecule has 3 aromatic rings. The number of nitrogens with one attached hydrogen (secondary N) is 1. The highest BCUT2D eigenvalue weighted by Crippen LogP contribution is 2.26. The van der Waals surface area contributed by atoms with Crippen molar-refractivity contribution in [2.75, 3.05) is 13.3 Å². The van der Waals surface area contributed by atoms with Crippen LogP contribution in [0.1, 0.15) is 16.2 Å². The van der Waals surface area contributed by atoms with Gasteiger partial charge in [0.2, 0.25) is 0 Å². The van der Waals surface area contributed by atoms with E-state index in [9.17, 15) is 19.7 Å². The van der Waals surface area contributed by atoms with Gasteiger partial charge in [-0.25, -0.2) is 4.98 Å². The number of benzene rings is 1. The highest BCUT2D eigenvalue weighted by molar-refractivity contribution is 7.98. The summed E-state index contributed by atoms with van der Waals surface area (Å²) in [5.74, 6) is -0.193. The van der Waals surface area contributed by atoms with E-state index in [1.165, 1.54) is 47.2 Å². The summed E-state index contributed by atoms with van der Waals surface area (Å²) in [6, 6.07) is 6.15. The fraction of sp³-hybridized carbons (Fsp3) is 0.188. The number of nitro groups is 1. The molecule has 2 aromatic heterocycles. The summed E-state index contributed by atoms with van der Waals surface area (Å²) < 4.78 is 0.519. The Kier molecular flexibility index (Phi) is 5.05. The van der Waals surface area contributed by atoms with Gasteiger partial charge in [0.15, 0.2) is 0 Å². The maximum Gasteiger partial charge on any atom is 0.282 e. The fourth-order valence-corrected chi connectivity index (χ4v) is 3.64. The molecule has 26 heavy (non-hydrogen) atoms. The van der Waals surface area contributed by atoms with Crippen molar-refractivity contribution in [2.45, 2.75) is 11.4 Å². The second-order valence-corrected chi connectivity index (χ2v) is 7.24. The number of thioether (sulfide) groups is 1. The van der Waals surface area contributed by atoms with Gasteiger partial charge in [-0.1, -0.05) is 0 Å². The van der Waals surface area contributed by atoms with Crippen LogP contribution in [-0.2, 0) is 6.54 Å². The number of aromatic amines is 1. The summed E-state index contributed by atoms with van der Waals surface area (Å²) in [7, 11) is 1.51. The van der Waals surface area contributed by atoms with Crippen LogP contribution in [0.2, 0.25) is 0 Å². The molecular formula is C16H14N4O4S2. The lowest BCUT2D eigenvalue weighted by molar-refractivity contribution is -0.385.